The van der Waals surface area contributed by atoms with E-state index in [9.17, 15) is 4.79 Å². The molecule has 1 amide bonds. The van der Waals surface area contributed by atoms with E-state index in [2.05, 4.69) is 17.9 Å². The first-order valence-electron chi connectivity index (χ1n) is 3.29. The van der Waals surface area contributed by atoms with E-state index in [1.54, 1.807) is 0 Å². The van der Waals surface area contributed by atoms with E-state index in [1.165, 1.54) is 0 Å². The van der Waals surface area contributed by atoms with Crippen LogP contribution < -0.4 is 5.32 Å². The summed E-state index contributed by atoms with van der Waals surface area (Å²) in [6.45, 7) is 2.46. The maximum absolute atomic E-state index is 10.8. The number of carbonyl (C=O) groups excluding carboxylic acids is 1. The zero-order chi connectivity index (χ0) is 7.98. The summed E-state index contributed by atoms with van der Waals surface area (Å²) in [5.74, 6) is -0.111. The molecule has 0 saturated heterocycles. The van der Waals surface area contributed by atoms with E-state index >= 15 is 0 Å². The van der Waals surface area contributed by atoms with Gasteiger partial charge in [0.2, 0.25) is 5.91 Å². The molecule has 1 atom stereocenters. The average molecular weight is 163 g/mol. The second-order valence-electron chi connectivity index (χ2n) is 1.92. The van der Waals surface area contributed by atoms with E-state index in [4.69, 9.17) is 5.11 Å². The molecule has 0 bridgehead atoms. The van der Waals surface area contributed by atoms with Crippen LogP contribution in [0.4, 0.5) is 0 Å². The molecule has 0 aromatic rings. The summed E-state index contributed by atoms with van der Waals surface area (Å²) >= 11 is 3.97. The van der Waals surface area contributed by atoms with Gasteiger partial charge in [0.1, 0.15) is 0 Å². The van der Waals surface area contributed by atoms with Gasteiger partial charge in [-0.15, -0.1) is 0 Å². The highest BCUT2D eigenvalue weighted by atomic mass is 32.1. The molecule has 0 aliphatic rings. The van der Waals surface area contributed by atoms with Crippen molar-refractivity contribution in [3.05, 3.63) is 0 Å². The molecule has 1 unspecified atom stereocenters. The van der Waals surface area contributed by atoms with Crippen LogP contribution in [0.1, 0.15) is 13.3 Å². The Morgan fingerprint density at radius 2 is 2.40 bits per heavy atom. The first kappa shape index (κ1) is 9.78. The highest BCUT2D eigenvalue weighted by Crippen LogP contribution is 1.99. The fraction of sp³-hybridized carbons (Fsp3) is 0.833. The van der Waals surface area contributed by atoms with E-state index < -0.39 is 0 Å². The minimum atomic E-state index is -0.370. The number of hydrogen-bond donors (Lipinski definition) is 3. The molecule has 0 spiro atoms. The van der Waals surface area contributed by atoms with Gasteiger partial charge >= 0.3 is 0 Å². The maximum Gasteiger partial charge on any atom is 0.232 e. The minimum absolute atomic E-state index is 0.00526. The van der Waals surface area contributed by atoms with Crippen LogP contribution in [-0.2, 0) is 4.79 Å². The number of rotatable bonds is 4. The summed E-state index contributed by atoms with van der Waals surface area (Å²) in [7, 11) is 0. The van der Waals surface area contributed by atoms with E-state index in [-0.39, 0.29) is 17.8 Å². The summed E-state index contributed by atoms with van der Waals surface area (Å²) in [4.78, 5) is 10.8. The fourth-order valence-electron chi connectivity index (χ4n) is 0.545. The summed E-state index contributed by atoms with van der Waals surface area (Å²) < 4.78 is 0. The van der Waals surface area contributed by atoms with Crippen molar-refractivity contribution in [3.63, 3.8) is 0 Å². The van der Waals surface area contributed by atoms with Crippen molar-refractivity contribution in [2.75, 3.05) is 13.2 Å². The van der Waals surface area contributed by atoms with Crippen molar-refractivity contribution in [1.29, 1.82) is 0 Å². The summed E-state index contributed by atoms with van der Waals surface area (Å²) in [6, 6.07) is 0. The summed E-state index contributed by atoms with van der Waals surface area (Å²) in [5, 5.41) is 10.7. The van der Waals surface area contributed by atoms with Crippen molar-refractivity contribution in [2.45, 2.75) is 18.6 Å². The smallest absolute Gasteiger partial charge is 0.232 e. The van der Waals surface area contributed by atoms with Gasteiger partial charge in [-0.05, 0) is 13.3 Å². The van der Waals surface area contributed by atoms with Gasteiger partial charge in [-0.2, -0.15) is 12.6 Å². The van der Waals surface area contributed by atoms with Gasteiger partial charge in [-0.1, -0.05) is 0 Å². The van der Waals surface area contributed by atoms with Gasteiger partial charge in [0.05, 0.1) is 5.25 Å². The molecule has 2 N–H and O–H groups in total. The Balaban J connectivity index is 3.49. The monoisotopic (exact) mass is 163 g/mol. The second kappa shape index (κ2) is 5.56. The van der Waals surface area contributed by atoms with Gasteiger partial charge in [-0.25, -0.2) is 0 Å². The lowest BCUT2D eigenvalue weighted by molar-refractivity contribution is -0.120. The van der Waals surface area contributed by atoms with E-state index in [1.807, 2.05) is 6.92 Å². The molecule has 0 aliphatic heterocycles. The highest BCUT2D eigenvalue weighted by Gasteiger charge is 2.10. The Morgan fingerprint density at radius 1 is 1.80 bits per heavy atom. The first-order valence-corrected chi connectivity index (χ1v) is 3.80. The fourth-order valence-corrected chi connectivity index (χ4v) is 0.752. The van der Waals surface area contributed by atoms with Crippen molar-refractivity contribution < 1.29 is 9.90 Å². The van der Waals surface area contributed by atoms with Crippen LogP contribution in [0.15, 0.2) is 0 Å². The Kier molecular flexibility index (Phi) is 5.43. The average Bonchev–Trinajstić information content (AvgIpc) is 1.89. The zero-order valence-electron chi connectivity index (χ0n) is 6.00. The highest BCUT2D eigenvalue weighted by molar-refractivity contribution is 7.81. The molecule has 0 rings (SSSR count). The van der Waals surface area contributed by atoms with Gasteiger partial charge in [-0.3, -0.25) is 4.79 Å². The molecule has 10 heavy (non-hydrogen) atoms. The van der Waals surface area contributed by atoms with Gasteiger partial charge < -0.3 is 10.4 Å². The Bertz CT molecular complexity index is 108. The third-order valence-electron chi connectivity index (χ3n) is 1.06. The van der Waals surface area contributed by atoms with E-state index in [0.29, 0.717) is 13.0 Å². The number of carbonyl (C=O) groups is 1. The number of nitrogens with one attached hydrogen (secondary N) is 1. The summed E-state index contributed by atoms with van der Waals surface area (Å²) in [5.41, 5.74) is 0. The topological polar surface area (TPSA) is 49.3 Å². The van der Waals surface area contributed by atoms with Crippen LogP contribution in [0.2, 0.25) is 0 Å². The number of aliphatic hydroxyl groups is 1. The van der Waals surface area contributed by atoms with Crippen molar-refractivity contribution in [3.8, 4) is 0 Å². The van der Waals surface area contributed by atoms with Crippen LogP contribution in [-0.4, -0.2) is 29.4 Å². The zero-order valence-corrected chi connectivity index (χ0v) is 6.90. The predicted molar refractivity (Wildman–Crippen MR) is 43.2 cm³/mol. The van der Waals surface area contributed by atoms with Crippen LogP contribution in [0.3, 0.4) is 0 Å². The molecular formula is C6H13NO2S. The molecule has 0 aromatic heterocycles. The molecule has 0 saturated carbocycles. The molecule has 0 heterocycles. The van der Waals surface area contributed by atoms with Gasteiger partial charge in [0, 0.05) is 13.2 Å². The molecule has 0 aliphatic carbocycles. The van der Waals surface area contributed by atoms with Crippen molar-refractivity contribution in [2.24, 2.45) is 0 Å². The lowest BCUT2D eigenvalue weighted by Gasteiger charge is -2.07. The third-order valence-corrected chi connectivity index (χ3v) is 1.55. The Morgan fingerprint density at radius 3 is 2.80 bits per heavy atom. The normalized spacial score (nSPS) is 12.7. The van der Waals surface area contributed by atoms with Gasteiger partial charge in [0.15, 0.2) is 0 Å². The van der Waals surface area contributed by atoms with Crippen LogP contribution in [0, 0.1) is 0 Å². The summed E-state index contributed by atoms with van der Waals surface area (Å²) in [6.07, 6.45) is 0.412. The Labute approximate surface area is 66.2 Å². The first-order chi connectivity index (χ1) is 4.72. The molecular weight excluding hydrogens is 150 g/mol. The van der Waals surface area contributed by atoms with E-state index in [0.717, 1.165) is 0 Å². The molecule has 0 radical (unpaired) electrons. The standard InChI is InChI=1S/C6H13NO2S/c1-2-7-6(9)5(10)3-4-8/h5,8,10H,2-4H2,1H3,(H,7,9). The number of thiol groups is 1. The molecule has 3 nitrogen and oxygen atoms in total. The lowest BCUT2D eigenvalue weighted by Crippen LogP contribution is -2.31. The molecule has 0 aromatic carbocycles. The van der Waals surface area contributed by atoms with Crippen LogP contribution in [0.25, 0.3) is 0 Å². The third kappa shape index (κ3) is 3.74. The largest absolute Gasteiger partial charge is 0.396 e. The molecule has 0 fully saturated rings. The van der Waals surface area contributed by atoms with Gasteiger partial charge in [0.25, 0.3) is 0 Å². The lowest BCUT2D eigenvalue weighted by atomic mass is 10.3. The number of amides is 1. The Hall–Kier alpha value is -0.220. The maximum atomic E-state index is 10.8. The second-order valence-corrected chi connectivity index (χ2v) is 2.55. The quantitative estimate of drug-likeness (QED) is 0.503. The van der Waals surface area contributed by atoms with Crippen molar-refractivity contribution in [1.82, 2.24) is 5.32 Å². The number of aliphatic hydroxyl groups excluding tert-OH is 1. The van der Waals surface area contributed by atoms with Crippen LogP contribution in [0.5, 0.6) is 0 Å². The SMILES string of the molecule is CCNC(=O)C(S)CCO. The molecule has 60 valence electrons. The minimum Gasteiger partial charge on any atom is -0.396 e. The van der Waals surface area contributed by atoms with Crippen LogP contribution >= 0.6 is 12.6 Å². The van der Waals surface area contributed by atoms with Crippen molar-refractivity contribution >= 4 is 18.5 Å². The molecule has 4 heteroatoms. The predicted octanol–water partition coefficient (Wildman–Crippen LogP) is -0.197. The number of hydrogen-bond acceptors (Lipinski definition) is 3.